The summed E-state index contributed by atoms with van der Waals surface area (Å²) >= 11 is 2.95. The fourth-order valence-corrected chi connectivity index (χ4v) is 5.56. The first-order valence-electron chi connectivity index (χ1n) is 8.86. The molecule has 0 radical (unpaired) electrons. The van der Waals surface area contributed by atoms with Gasteiger partial charge in [-0.15, -0.1) is 10.2 Å². The number of aromatic nitrogens is 2. The van der Waals surface area contributed by atoms with Gasteiger partial charge in [0.05, 0.1) is 20.4 Å². The molecule has 1 N–H and O–H groups in total. The van der Waals surface area contributed by atoms with Crippen LogP contribution in [0.3, 0.4) is 0 Å². The Labute approximate surface area is 174 Å². The number of thiazole rings is 2. The second-order valence-electron chi connectivity index (χ2n) is 6.07. The molecule has 0 unspecified atom stereocenters. The quantitative estimate of drug-likeness (QED) is 0.372. The third kappa shape index (κ3) is 3.99. The van der Waals surface area contributed by atoms with Crippen LogP contribution in [0.5, 0.6) is 5.75 Å². The van der Waals surface area contributed by atoms with E-state index in [1.54, 1.807) is 23.5 Å². The van der Waals surface area contributed by atoms with Crippen molar-refractivity contribution in [2.75, 3.05) is 0 Å². The Bertz CT molecular complexity index is 1440. The molecule has 0 spiro atoms. The van der Waals surface area contributed by atoms with Gasteiger partial charge in [-0.1, -0.05) is 34.8 Å². The number of benzene rings is 2. The summed E-state index contributed by atoms with van der Waals surface area (Å²) < 4.78 is 41.4. The summed E-state index contributed by atoms with van der Waals surface area (Å²) in [6.07, 6.45) is 0. The van der Waals surface area contributed by atoms with E-state index in [2.05, 4.69) is 38.0 Å². The minimum atomic E-state index is -4.57. The first-order chi connectivity index (χ1) is 13.9. The summed E-state index contributed by atoms with van der Waals surface area (Å²) in [7, 11) is -4.57. The van der Waals surface area contributed by atoms with Crippen LogP contribution in [0.4, 0.5) is 0 Å². The second-order valence-corrected chi connectivity index (χ2v) is 9.11. The minimum absolute atomic E-state index is 0.0429. The fraction of sp³-hybridized carbons (Fsp3) is 0.222. The maximum Gasteiger partial charge on any atom is 0.446 e. The number of para-hydroxylation sites is 1. The molecule has 29 heavy (non-hydrogen) atoms. The summed E-state index contributed by atoms with van der Waals surface area (Å²) in [4.78, 5) is 1.50. The highest BCUT2D eigenvalue weighted by Crippen LogP contribution is 2.24. The van der Waals surface area contributed by atoms with Gasteiger partial charge in [0.1, 0.15) is 5.75 Å². The lowest BCUT2D eigenvalue weighted by Crippen LogP contribution is -2.16. The Morgan fingerprint density at radius 1 is 0.931 bits per heavy atom. The van der Waals surface area contributed by atoms with Crippen molar-refractivity contribution in [2.45, 2.75) is 26.9 Å². The molecule has 0 saturated carbocycles. The molecule has 0 atom stereocenters. The number of hydrogen-bond donors (Lipinski definition) is 1. The summed E-state index contributed by atoms with van der Waals surface area (Å²) in [6, 6.07) is 12.9. The van der Waals surface area contributed by atoms with Gasteiger partial charge in [0.2, 0.25) is 9.60 Å². The zero-order chi connectivity index (χ0) is 20.6. The van der Waals surface area contributed by atoms with E-state index in [4.69, 9.17) is 4.55 Å². The Kier molecular flexibility index (Phi) is 5.30. The lowest BCUT2D eigenvalue weighted by atomic mass is 10.3. The van der Waals surface area contributed by atoms with E-state index >= 15 is 0 Å². The third-order valence-electron chi connectivity index (χ3n) is 4.30. The average Bonchev–Trinajstić information content (AvgIpc) is 3.21. The zero-order valence-electron chi connectivity index (χ0n) is 15.6. The van der Waals surface area contributed by atoms with Crippen molar-refractivity contribution < 1.29 is 17.2 Å². The SMILES string of the molecule is CCn1c(=NN=c2sc3cc(OS(=O)(=O)O)ccc3n2CC)sc2ccccc21. The van der Waals surface area contributed by atoms with Crippen LogP contribution in [-0.4, -0.2) is 22.1 Å². The predicted octanol–water partition coefficient (Wildman–Crippen LogP) is 3.36. The highest BCUT2D eigenvalue weighted by molar-refractivity contribution is 7.81. The van der Waals surface area contributed by atoms with Crippen molar-refractivity contribution in [1.29, 1.82) is 0 Å². The molecule has 4 aromatic rings. The molecule has 0 aliphatic rings. The Balaban J connectivity index is 1.87. The number of aryl methyl sites for hydroxylation is 2. The van der Waals surface area contributed by atoms with Crippen LogP contribution in [0, 0.1) is 0 Å². The van der Waals surface area contributed by atoms with Crippen LogP contribution in [-0.2, 0) is 23.5 Å². The van der Waals surface area contributed by atoms with Crippen LogP contribution in [0.1, 0.15) is 13.8 Å². The first-order valence-corrected chi connectivity index (χ1v) is 11.9. The van der Waals surface area contributed by atoms with E-state index in [9.17, 15) is 8.42 Å². The van der Waals surface area contributed by atoms with Crippen molar-refractivity contribution in [3.05, 3.63) is 52.1 Å². The van der Waals surface area contributed by atoms with Crippen LogP contribution < -0.4 is 13.8 Å². The van der Waals surface area contributed by atoms with E-state index in [0.717, 1.165) is 31.8 Å². The van der Waals surface area contributed by atoms with Crippen LogP contribution >= 0.6 is 22.7 Å². The van der Waals surface area contributed by atoms with Crippen molar-refractivity contribution in [2.24, 2.45) is 10.2 Å². The van der Waals surface area contributed by atoms with Crippen LogP contribution in [0.15, 0.2) is 52.7 Å². The molecule has 8 nitrogen and oxygen atoms in total. The standard InChI is InChI=1S/C18H18N4O4S3/c1-3-21-13-7-5-6-8-15(13)27-17(21)19-20-18-22(4-2)14-10-9-12(11-16(14)28-18)26-29(23,24)25/h5-11H,3-4H2,1-2H3,(H,23,24,25). The van der Waals surface area contributed by atoms with E-state index in [0.29, 0.717) is 11.3 Å². The third-order valence-corrected chi connectivity index (χ3v) is 6.78. The largest absolute Gasteiger partial charge is 0.446 e. The molecule has 2 aromatic heterocycles. The van der Waals surface area contributed by atoms with Gasteiger partial charge in [0.15, 0.2) is 0 Å². The minimum Gasteiger partial charge on any atom is -0.362 e. The molecule has 0 fully saturated rings. The van der Waals surface area contributed by atoms with Gasteiger partial charge in [0.25, 0.3) is 0 Å². The highest BCUT2D eigenvalue weighted by atomic mass is 32.3. The van der Waals surface area contributed by atoms with Gasteiger partial charge >= 0.3 is 10.4 Å². The monoisotopic (exact) mass is 450 g/mol. The molecule has 2 heterocycles. The molecule has 0 aliphatic heterocycles. The van der Waals surface area contributed by atoms with E-state index in [1.165, 1.54) is 17.4 Å². The van der Waals surface area contributed by atoms with E-state index in [-0.39, 0.29) is 5.75 Å². The summed E-state index contributed by atoms with van der Waals surface area (Å²) in [6.45, 7) is 5.53. The van der Waals surface area contributed by atoms with Gasteiger partial charge in [0, 0.05) is 19.2 Å². The summed E-state index contributed by atoms with van der Waals surface area (Å²) in [5, 5.41) is 8.98. The second kappa shape index (κ2) is 7.75. The molecule has 152 valence electrons. The molecule has 0 saturated heterocycles. The van der Waals surface area contributed by atoms with Gasteiger partial charge in [-0.05, 0) is 38.1 Å². The normalized spacial score (nSPS) is 13.6. The van der Waals surface area contributed by atoms with Crippen LogP contribution in [0.25, 0.3) is 20.4 Å². The molecule has 4 rings (SSSR count). The topological polar surface area (TPSA) is 98.2 Å². The van der Waals surface area contributed by atoms with Crippen molar-refractivity contribution in [3.63, 3.8) is 0 Å². The smallest absolute Gasteiger partial charge is 0.362 e. The first kappa shape index (κ1) is 19.8. The fourth-order valence-electron chi connectivity index (χ4n) is 3.10. The Morgan fingerprint density at radius 3 is 2.14 bits per heavy atom. The molecule has 11 heteroatoms. The zero-order valence-corrected chi connectivity index (χ0v) is 18.1. The predicted molar refractivity (Wildman–Crippen MR) is 114 cm³/mol. The van der Waals surface area contributed by atoms with E-state index in [1.807, 2.05) is 23.6 Å². The number of fused-ring (bicyclic) bond motifs is 2. The highest BCUT2D eigenvalue weighted by Gasteiger charge is 2.11. The lowest BCUT2D eigenvalue weighted by Gasteiger charge is -2.02. The Hall–Kier alpha value is -2.47. The molecular formula is C18H18N4O4S3. The van der Waals surface area contributed by atoms with Crippen molar-refractivity contribution >= 4 is 53.5 Å². The number of nitrogens with zero attached hydrogens (tertiary/aromatic N) is 4. The van der Waals surface area contributed by atoms with Gasteiger partial charge in [-0.3, -0.25) is 4.55 Å². The van der Waals surface area contributed by atoms with Gasteiger partial charge < -0.3 is 13.3 Å². The van der Waals surface area contributed by atoms with Gasteiger partial charge in [-0.2, -0.15) is 8.42 Å². The molecule has 0 bridgehead atoms. The Morgan fingerprint density at radius 2 is 1.52 bits per heavy atom. The van der Waals surface area contributed by atoms with Crippen molar-refractivity contribution in [1.82, 2.24) is 9.13 Å². The molecule has 0 amide bonds. The van der Waals surface area contributed by atoms with Crippen LogP contribution in [0.2, 0.25) is 0 Å². The maximum absolute atomic E-state index is 11.0. The molecular weight excluding hydrogens is 432 g/mol. The lowest BCUT2D eigenvalue weighted by molar-refractivity contribution is 0.387. The number of rotatable bonds is 5. The van der Waals surface area contributed by atoms with Gasteiger partial charge in [-0.25, -0.2) is 0 Å². The number of hydrogen-bond acceptors (Lipinski definition) is 7. The summed E-state index contributed by atoms with van der Waals surface area (Å²) in [5.41, 5.74) is 2.01. The van der Waals surface area contributed by atoms with Crippen molar-refractivity contribution in [3.8, 4) is 5.75 Å². The van der Waals surface area contributed by atoms with E-state index < -0.39 is 10.4 Å². The average molecular weight is 451 g/mol. The molecule has 2 aromatic carbocycles. The summed E-state index contributed by atoms with van der Waals surface area (Å²) in [5.74, 6) is 0.0429. The molecule has 0 aliphatic carbocycles. The maximum atomic E-state index is 11.0.